The summed E-state index contributed by atoms with van der Waals surface area (Å²) in [6, 6.07) is 7.36. The molecule has 25 heavy (non-hydrogen) atoms. The second-order valence-electron chi connectivity index (χ2n) is 6.03. The topological polar surface area (TPSA) is 72.0 Å². The molecule has 128 valence electrons. The highest BCUT2D eigenvalue weighted by atomic mass is 35.5. The van der Waals surface area contributed by atoms with Crippen LogP contribution in [-0.4, -0.2) is 20.1 Å². The van der Waals surface area contributed by atoms with Gasteiger partial charge in [0, 0.05) is 23.9 Å². The Kier molecular flexibility index (Phi) is 4.50. The first kappa shape index (κ1) is 16.6. The molecule has 0 aromatic carbocycles. The highest BCUT2D eigenvalue weighted by Gasteiger charge is 2.31. The molecule has 0 spiro atoms. The van der Waals surface area contributed by atoms with Crippen LogP contribution in [0.5, 0.6) is 0 Å². The molecule has 3 aromatic heterocycles. The molecule has 1 fully saturated rings. The van der Waals surface area contributed by atoms with E-state index >= 15 is 0 Å². The molecule has 1 atom stereocenters. The van der Waals surface area contributed by atoms with Crippen molar-refractivity contribution in [2.75, 3.05) is 0 Å². The summed E-state index contributed by atoms with van der Waals surface area (Å²) in [6.45, 7) is 1.69. The van der Waals surface area contributed by atoms with Crippen molar-refractivity contribution in [3.63, 3.8) is 0 Å². The number of hydrogen-bond acceptors (Lipinski definition) is 6. The molecule has 1 unspecified atom stereocenters. The predicted octanol–water partition coefficient (Wildman–Crippen LogP) is 4.87. The first-order chi connectivity index (χ1) is 12.1. The molecule has 5 nitrogen and oxygen atoms in total. The minimum Gasteiger partial charge on any atom is -0.433 e. The maximum Gasteiger partial charge on any atom is 0.199 e. The van der Waals surface area contributed by atoms with Gasteiger partial charge in [0.25, 0.3) is 0 Å². The Morgan fingerprint density at radius 1 is 1.20 bits per heavy atom. The monoisotopic (exact) mass is 373 g/mol. The Morgan fingerprint density at radius 3 is 2.64 bits per heavy atom. The van der Waals surface area contributed by atoms with Gasteiger partial charge in [-0.25, -0.2) is 9.97 Å². The highest BCUT2D eigenvalue weighted by molar-refractivity contribution is 7.99. The second kappa shape index (κ2) is 6.78. The first-order valence-corrected chi connectivity index (χ1v) is 9.24. The zero-order valence-electron chi connectivity index (χ0n) is 13.5. The van der Waals surface area contributed by atoms with Crippen LogP contribution in [0.25, 0.3) is 11.3 Å². The molecule has 7 heteroatoms. The predicted molar refractivity (Wildman–Crippen MR) is 95.7 cm³/mol. The van der Waals surface area contributed by atoms with Gasteiger partial charge in [-0.1, -0.05) is 11.6 Å². The Balaban J connectivity index is 1.69. The van der Waals surface area contributed by atoms with Crippen LogP contribution < -0.4 is 0 Å². The average Bonchev–Trinajstić information content (AvgIpc) is 3.38. The third kappa shape index (κ3) is 3.71. The summed E-state index contributed by atoms with van der Waals surface area (Å²) < 4.78 is 6.01. The van der Waals surface area contributed by atoms with Gasteiger partial charge in [0.15, 0.2) is 11.0 Å². The van der Waals surface area contributed by atoms with Gasteiger partial charge in [0.2, 0.25) is 0 Å². The minimum atomic E-state index is -0.597. The number of aromatic nitrogens is 3. The van der Waals surface area contributed by atoms with E-state index in [0.717, 1.165) is 35.0 Å². The summed E-state index contributed by atoms with van der Waals surface area (Å²) in [5, 5.41) is 11.7. The van der Waals surface area contributed by atoms with Crippen LogP contribution >= 0.6 is 23.4 Å². The SMILES string of the molecule is CC(O)c1ccc(-c2nc(C3CC3)oc2Sc2ccc(Cl)cn2)cn1. The van der Waals surface area contributed by atoms with Gasteiger partial charge in [-0.3, -0.25) is 4.98 Å². The van der Waals surface area contributed by atoms with Gasteiger partial charge in [-0.05, 0) is 55.8 Å². The van der Waals surface area contributed by atoms with E-state index < -0.39 is 6.10 Å². The number of hydrogen-bond donors (Lipinski definition) is 1. The Labute approximate surface area is 154 Å². The van der Waals surface area contributed by atoms with Crippen LogP contribution in [0.15, 0.2) is 51.2 Å². The number of pyridine rings is 2. The van der Waals surface area contributed by atoms with Crippen LogP contribution in [0.1, 0.15) is 43.4 Å². The fourth-order valence-electron chi connectivity index (χ4n) is 2.39. The van der Waals surface area contributed by atoms with Crippen LogP contribution in [0, 0.1) is 0 Å². The van der Waals surface area contributed by atoms with Gasteiger partial charge >= 0.3 is 0 Å². The van der Waals surface area contributed by atoms with E-state index in [-0.39, 0.29) is 0 Å². The Bertz CT molecular complexity index is 874. The minimum absolute atomic E-state index is 0.413. The first-order valence-electron chi connectivity index (χ1n) is 8.04. The number of aliphatic hydroxyl groups is 1. The third-order valence-electron chi connectivity index (χ3n) is 3.92. The Morgan fingerprint density at radius 2 is 2.04 bits per heavy atom. The number of rotatable bonds is 5. The van der Waals surface area contributed by atoms with Crippen LogP contribution in [-0.2, 0) is 0 Å². The van der Waals surface area contributed by atoms with E-state index in [1.165, 1.54) is 11.8 Å². The molecular formula is C18H16ClN3O2S. The molecule has 0 aliphatic heterocycles. The molecule has 4 rings (SSSR count). The molecule has 0 saturated heterocycles. The largest absolute Gasteiger partial charge is 0.433 e. The molecule has 0 amide bonds. The van der Waals surface area contributed by atoms with E-state index in [4.69, 9.17) is 16.0 Å². The van der Waals surface area contributed by atoms with Crippen molar-refractivity contribution in [3.8, 4) is 11.3 Å². The van der Waals surface area contributed by atoms with Gasteiger partial charge in [0.1, 0.15) is 10.7 Å². The quantitative estimate of drug-likeness (QED) is 0.688. The lowest BCUT2D eigenvalue weighted by Crippen LogP contribution is -1.95. The summed E-state index contributed by atoms with van der Waals surface area (Å²) in [6.07, 6.45) is 4.96. The van der Waals surface area contributed by atoms with Crippen molar-refractivity contribution in [1.82, 2.24) is 15.0 Å². The van der Waals surface area contributed by atoms with Crippen LogP contribution in [0.4, 0.5) is 0 Å². The number of halogens is 1. The van der Waals surface area contributed by atoms with Crippen molar-refractivity contribution < 1.29 is 9.52 Å². The summed E-state index contributed by atoms with van der Waals surface area (Å²) in [7, 11) is 0. The van der Waals surface area contributed by atoms with E-state index in [0.29, 0.717) is 21.7 Å². The second-order valence-corrected chi connectivity index (χ2v) is 7.46. The van der Waals surface area contributed by atoms with Crippen molar-refractivity contribution in [2.24, 2.45) is 0 Å². The lowest BCUT2D eigenvalue weighted by atomic mass is 10.2. The maximum atomic E-state index is 9.62. The number of oxazole rings is 1. The summed E-state index contributed by atoms with van der Waals surface area (Å²) >= 11 is 7.32. The fourth-order valence-corrected chi connectivity index (χ4v) is 3.32. The third-order valence-corrected chi connectivity index (χ3v) is 5.06. The fraction of sp³-hybridized carbons (Fsp3) is 0.278. The standard InChI is InChI=1S/C18H16ClN3O2S/c1-10(23)14-6-4-12(8-20-14)16-18(24-17(22-16)11-2-3-11)25-15-7-5-13(19)9-21-15/h4-11,23H,2-3H2,1H3. The molecular weight excluding hydrogens is 358 g/mol. The lowest BCUT2D eigenvalue weighted by molar-refractivity contribution is 0.194. The normalized spacial score (nSPS) is 15.3. The molecule has 1 aliphatic rings. The zero-order valence-corrected chi connectivity index (χ0v) is 15.1. The average molecular weight is 374 g/mol. The molecule has 3 aromatic rings. The summed E-state index contributed by atoms with van der Waals surface area (Å²) in [4.78, 5) is 13.3. The zero-order chi connectivity index (χ0) is 17.4. The van der Waals surface area contributed by atoms with Crippen LogP contribution in [0.2, 0.25) is 5.02 Å². The van der Waals surface area contributed by atoms with E-state index in [1.807, 2.05) is 12.1 Å². The van der Waals surface area contributed by atoms with Crippen molar-refractivity contribution in [2.45, 2.75) is 41.9 Å². The number of aliphatic hydroxyl groups excluding tert-OH is 1. The highest BCUT2D eigenvalue weighted by Crippen LogP contribution is 2.44. The van der Waals surface area contributed by atoms with Gasteiger partial charge in [0.05, 0.1) is 16.8 Å². The van der Waals surface area contributed by atoms with Gasteiger partial charge < -0.3 is 9.52 Å². The Hall–Kier alpha value is -1.89. The molecule has 1 N–H and O–H groups in total. The molecule has 3 heterocycles. The van der Waals surface area contributed by atoms with Gasteiger partial charge in [-0.2, -0.15) is 0 Å². The molecule has 0 bridgehead atoms. The van der Waals surface area contributed by atoms with Crippen molar-refractivity contribution >= 4 is 23.4 Å². The van der Waals surface area contributed by atoms with E-state index in [1.54, 1.807) is 31.5 Å². The lowest BCUT2D eigenvalue weighted by Gasteiger charge is -2.05. The molecule has 0 radical (unpaired) electrons. The van der Waals surface area contributed by atoms with E-state index in [9.17, 15) is 5.11 Å². The van der Waals surface area contributed by atoms with Gasteiger partial charge in [-0.15, -0.1) is 0 Å². The van der Waals surface area contributed by atoms with E-state index in [2.05, 4.69) is 15.0 Å². The summed E-state index contributed by atoms with van der Waals surface area (Å²) in [5.74, 6) is 1.18. The maximum absolute atomic E-state index is 9.62. The summed E-state index contributed by atoms with van der Waals surface area (Å²) in [5.41, 5.74) is 2.24. The van der Waals surface area contributed by atoms with Crippen molar-refractivity contribution in [3.05, 3.63) is 53.3 Å². The smallest absolute Gasteiger partial charge is 0.199 e. The number of nitrogens with zero attached hydrogens (tertiary/aromatic N) is 3. The van der Waals surface area contributed by atoms with Crippen LogP contribution in [0.3, 0.4) is 0 Å². The van der Waals surface area contributed by atoms with Crippen molar-refractivity contribution in [1.29, 1.82) is 0 Å². The molecule has 1 saturated carbocycles. The molecule has 1 aliphatic carbocycles.